The maximum Gasteiger partial charge on any atom is 0.298 e. The van der Waals surface area contributed by atoms with E-state index >= 15 is 0 Å². The second-order valence-corrected chi connectivity index (χ2v) is 12.7. The van der Waals surface area contributed by atoms with Gasteiger partial charge in [0.2, 0.25) is 9.84 Å². The first kappa shape index (κ1) is 27.9. The molecule has 4 aromatic rings. The summed E-state index contributed by atoms with van der Waals surface area (Å²) in [5.41, 5.74) is 12.0. The molecule has 4 aromatic carbocycles. The van der Waals surface area contributed by atoms with Crippen molar-refractivity contribution in [1.29, 1.82) is 0 Å². The molecule has 0 fully saturated rings. The zero-order valence-electron chi connectivity index (χ0n) is 19.6. The first-order chi connectivity index (χ1) is 18.1. The van der Waals surface area contributed by atoms with E-state index in [0.29, 0.717) is 23.5 Å². The number of sulfone groups is 1. The second-order valence-electron chi connectivity index (χ2n) is 8.01. The molecule has 0 amide bonds. The number of anilines is 2. The van der Waals surface area contributed by atoms with Gasteiger partial charge in [0.25, 0.3) is 20.2 Å². The largest absolute Gasteiger partial charge is 0.456 e. The normalized spacial score (nSPS) is 12.2. The minimum atomic E-state index is -4.98. The Morgan fingerprint density at radius 3 is 1.15 bits per heavy atom. The molecule has 0 spiro atoms. The number of hydrogen-bond acceptors (Lipinski definition) is 10. The smallest absolute Gasteiger partial charge is 0.298 e. The lowest BCUT2D eigenvalue weighted by molar-refractivity contribution is 0.447. The molecule has 204 valence electrons. The van der Waals surface area contributed by atoms with Gasteiger partial charge in [0.1, 0.15) is 32.8 Å². The fourth-order valence-corrected chi connectivity index (χ4v) is 6.09. The van der Waals surface area contributed by atoms with Gasteiger partial charge in [0.05, 0.1) is 9.79 Å². The van der Waals surface area contributed by atoms with Crippen molar-refractivity contribution in [3.63, 3.8) is 0 Å². The van der Waals surface area contributed by atoms with E-state index in [1.807, 2.05) is 0 Å². The molecule has 0 saturated carbocycles. The number of ether oxygens (including phenoxy) is 2. The monoisotopic (exact) mass is 592 g/mol. The molecule has 0 unspecified atom stereocenters. The van der Waals surface area contributed by atoms with Crippen LogP contribution in [-0.2, 0) is 30.1 Å². The molecule has 0 aliphatic rings. The maximum absolute atomic E-state index is 13.3. The standard InChI is InChI=1S/C24H20N2O10S3/c25-15-1-5-17(6-2-15)35-21-11-9-19(13-23(21)38(29,30)31)37(27,28)20-10-12-22(24(14-20)39(32,33)34)36-18-7-3-16(26)4-8-18/h1-14H,25-26H2,(H,29,30,31)(H,32,33,34). The van der Waals surface area contributed by atoms with Crippen molar-refractivity contribution in [3.05, 3.63) is 84.9 Å². The topological polar surface area (TPSA) is 213 Å². The Labute approximate surface area is 223 Å². The number of nitrogen functional groups attached to an aromatic ring is 2. The Hall–Kier alpha value is -4.15. The highest BCUT2D eigenvalue weighted by Crippen LogP contribution is 2.36. The fourth-order valence-electron chi connectivity index (χ4n) is 3.34. The lowest BCUT2D eigenvalue weighted by atomic mass is 10.3. The molecule has 15 heteroatoms. The van der Waals surface area contributed by atoms with Crippen molar-refractivity contribution in [2.45, 2.75) is 19.6 Å². The summed E-state index contributed by atoms with van der Waals surface area (Å²) in [6.45, 7) is 0. The summed E-state index contributed by atoms with van der Waals surface area (Å²) in [5, 5.41) is 0. The Balaban J connectivity index is 1.77. The van der Waals surface area contributed by atoms with Gasteiger partial charge in [-0.2, -0.15) is 16.8 Å². The molecule has 39 heavy (non-hydrogen) atoms. The molecule has 6 N–H and O–H groups in total. The average Bonchev–Trinajstić information content (AvgIpc) is 2.86. The summed E-state index contributed by atoms with van der Waals surface area (Å²) < 4.78 is 105. The van der Waals surface area contributed by atoms with E-state index in [9.17, 15) is 34.4 Å². The van der Waals surface area contributed by atoms with Crippen molar-refractivity contribution in [3.8, 4) is 23.0 Å². The number of nitrogens with two attached hydrogens (primary N) is 2. The van der Waals surface area contributed by atoms with Crippen LogP contribution < -0.4 is 20.9 Å². The van der Waals surface area contributed by atoms with E-state index < -0.39 is 49.7 Å². The molecular weight excluding hydrogens is 572 g/mol. The average molecular weight is 593 g/mol. The minimum Gasteiger partial charge on any atom is -0.456 e. The molecule has 0 heterocycles. The predicted molar refractivity (Wildman–Crippen MR) is 140 cm³/mol. The Morgan fingerprint density at radius 1 is 0.513 bits per heavy atom. The Bertz CT molecular complexity index is 1740. The molecule has 0 atom stereocenters. The third kappa shape index (κ3) is 6.30. The summed E-state index contributed by atoms with van der Waals surface area (Å²) in [5.74, 6) is -0.461. The van der Waals surface area contributed by atoms with Crippen LogP contribution in [0.25, 0.3) is 0 Å². The van der Waals surface area contributed by atoms with Crippen LogP contribution in [0.1, 0.15) is 0 Å². The quantitative estimate of drug-likeness (QED) is 0.170. The van der Waals surface area contributed by atoms with Crippen LogP contribution in [-0.4, -0.2) is 34.4 Å². The first-order valence-corrected chi connectivity index (χ1v) is 15.1. The van der Waals surface area contributed by atoms with Crippen LogP contribution in [0.2, 0.25) is 0 Å². The minimum absolute atomic E-state index is 0.152. The zero-order valence-corrected chi connectivity index (χ0v) is 22.1. The molecule has 0 saturated heterocycles. The molecule has 0 aromatic heterocycles. The van der Waals surface area contributed by atoms with E-state index in [0.717, 1.165) is 24.3 Å². The maximum atomic E-state index is 13.3. The number of hydrogen-bond donors (Lipinski definition) is 4. The van der Waals surface area contributed by atoms with Gasteiger partial charge >= 0.3 is 0 Å². The van der Waals surface area contributed by atoms with Crippen molar-refractivity contribution in [2.24, 2.45) is 0 Å². The summed E-state index contributed by atoms with van der Waals surface area (Å²) in [6, 6.07) is 17.0. The van der Waals surface area contributed by atoms with Crippen LogP contribution in [0.15, 0.2) is 105 Å². The van der Waals surface area contributed by atoms with Gasteiger partial charge in [-0.1, -0.05) is 0 Å². The van der Waals surface area contributed by atoms with Crippen molar-refractivity contribution >= 4 is 41.4 Å². The van der Waals surface area contributed by atoms with Gasteiger partial charge in [0, 0.05) is 11.4 Å². The number of rotatable bonds is 8. The van der Waals surface area contributed by atoms with Crippen LogP contribution >= 0.6 is 0 Å². The Kier molecular flexibility index (Phi) is 7.29. The first-order valence-electron chi connectivity index (χ1n) is 10.7. The lowest BCUT2D eigenvalue weighted by Gasteiger charge is -2.14. The number of benzene rings is 4. The van der Waals surface area contributed by atoms with E-state index in [1.165, 1.54) is 48.5 Å². The van der Waals surface area contributed by atoms with Gasteiger partial charge in [-0.25, -0.2) is 8.42 Å². The van der Waals surface area contributed by atoms with Gasteiger partial charge in [-0.15, -0.1) is 0 Å². The van der Waals surface area contributed by atoms with Gasteiger partial charge in [-0.05, 0) is 84.9 Å². The molecule has 0 aliphatic carbocycles. The highest BCUT2D eigenvalue weighted by molar-refractivity contribution is 7.91. The van der Waals surface area contributed by atoms with Gasteiger partial charge in [0.15, 0.2) is 0 Å². The molecule has 0 aliphatic heterocycles. The SMILES string of the molecule is Nc1ccc(Oc2ccc(S(=O)(=O)c3ccc(Oc4ccc(N)cc4)c(S(=O)(=O)O)c3)cc2S(=O)(=O)O)cc1. The van der Waals surface area contributed by atoms with E-state index in [1.54, 1.807) is 0 Å². The second kappa shape index (κ2) is 10.2. The highest BCUT2D eigenvalue weighted by atomic mass is 32.2. The van der Waals surface area contributed by atoms with Crippen molar-refractivity contribution < 1.29 is 43.8 Å². The summed E-state index contributed by atoms with van der Waals surface area (Å²) >= 11 is 0. The van der Waals surface area contributed by atoms with E-state index in [4.69, 9.17) is 20.9 Å². The zero-order chi connectivity index (χ0) is 28.6. The highest BCUT2D eigenvalue weighted by Gasteiger charge is 2.27. The molecule has 0 radical (unpaired) electrons. The van der Waals surface area contributed by atoms with Gasteiger partial charge < -0.3 is 20.9 Å². The van der Waals surface area contributed by atoms with E-state index in [2.05, 4.69) is 0 Å². The van der Waals surface area contributed by atoms with E-state index in [-0.39, 0.29) is 23.0 Å². The molecule has 4 rings (SSSR count). The van der Waals surface area contributed by atoms with Gasteiger partial charge in [-0.3, -0.25) is 9.11 Å². The fraction of sp³-hybridized carbons (Fsp3) is 0. The summed E-state index contributed by atoms with van der Waals surface area (Å²) in [7, 11) is -14.6. The third-order valence-electron chi connectivity index (χ3n) is 5.22. The lowest BCUT2D eigenvalue weighted by Crippen LogP contribution is -2.08. The Morgan fingerprint density at radius 2 is 0.846 bits per heavy atom. The molecule has 0 bridgehead atoms. The third-order valence-corrected chi connectivity index (χ3v) is 8.72. The van der Waals surface area contributed by atoms with Crippen molar-refractivity contribution in [1.82, 2.24) is 0 Å². The molecular formula is C24H20N2O10S3. The van der Waals surface area contributed by atoms with Crippen LogP contribution in [0.4, 0.5) is 11.4 Å². The van der Waals surface area contributed by atoms with Crippen LogP contribution in [0.5, 0.6) is 23.0 Å². The predicted octanol–water partition coefficient (Wildman–Crippen LogP) is 3.76. The summed E-state index contributed by atoms with van der Waals surface area (Å²) in [4.78, 5) is -2.96. The van der Waals surface area contributed by atoms with Crippen LogP contribution in [0, 0.1) is 0 Å². The molecule has 12 nitrogen and oxygen atoms in total. The summed E-state index contributed by atoms with van der Waals surface area (Å²) in [6.07, 6.45) is 0. The van der Waals surface area contributed by atoms with Crippen molar-refractivity contribution in [2.75, 3.05) is 11.5 Å². The van der Waals surface area contributed by atoms with Crippen LogP contribution in [0.3, 0.4) is 0 Å².